The summed E-state index contributed by atoms with van der Waals surface area (Å²) in [4.78, 5) is 50.2. The molecule has 5 N–H and O–H groups in total. The smallest absolute Gasteiger partial charge is 0.352 e. The molecule has 2 amide bonds. The lowest BCUT2D eigenvalue weighted by atomic mass is 9.99. The molecule has 2 aliphatic heterocycles. The Morgan fingerprint density at radius 3 is 2.61 bits per heavy atom. The Labute approximate surface area is 211 Å². The van der Waals surface area contributed by atoms with Crippen molar-refractivity contribution in [2.45, 2.75) is 34.3 Å². The summed E-state index contributed by atoms with van der Waals surface area (Å²) in [6, 6.07) is 5.10. The van der Waals surface area contributed by atoms with Crippen molar-refractivity contribution >= 4 is 47.3 Å². The minimum absolute atomic E-state index is 0.0896. The quantitative estimate of drug-likeness (QED) is 0.194. The second-order valence-corrected chi connectivity index (χ2v) is 9.92. The number of methoxy groups -OCH3 is 1. The molecular formula is C20H20N6O8S2. The van der Waals surface area contributed by atoms with Gasteiger partial charge in [-0.25, -0.2) is 4.79 Å². The molecule has 4 atom stereocenters. The lowest BCUT2D eigenvalue weighted by molar-refractivity contribution is -0.151. The number of carbonyl (C=O) groups excluding carboxylic acids is 2. The standard InChI is InChI=1S/C20H20N6O8S2/c1-34-9-4-2-8(3-5-9)15(29)16(30)21-13-17(31)26-14(19(32)33)10(7-35-18(13)26)11(6-12(27)28)36-20-22-24-25-23-20/h2-5,11,13,15,18,29H,6-7H2,1H3,(H,21,30)(H,27,28)(H,32,33)(H,22,23,24,25)/t11?,13?,15?,18-/m0/s1. The molecule has 3 heterocycles. The summed E-state index contributed by atoms with van der Waals surface area (Å²) in [7, 11) is 1.48. The highest BCUT2D eigenvalue weighted by Gasteiger charge is 2.55. The van der Waals surface area contributed by atoms with Crippen molar-refractivity contribution in [3.8, 4) is 5.75 Å². The van der Waals surface area contributed by atoms with Crippen molar-refractivity contribution in [2.75, 3.05) is 12.9 Å². The van der Waals surface area contributed by atoms with Crippen molar-refractivity contribution in [2.24, 2.45) is 0 Å². The number of aliphatic carboxylic acids is 2. The van der Waals surface area contributed by atoms with Crippen molar-refractivity contribution in [3.05, 3.63) is 41.1 Å². The molecule has 14 nitrogen and oxygen atoms in total. The molecular weight excluding hydrogens is 516 g/mol. The number of thioether (sulfide) groups is 2. The fourth-order valence-corrected chi connectivity index (χ4v) is 6.31. The number of aliphatic hydroxyl groups is 1. The number of carbonyl (C=O) groups is 4. The van der Waals surface area contributed by atoms with Gasteiger partial charge in [-0.05, 0) is 28.5 Å². The zero-order valence-corrected chi connectivity index (χ0v) is 20.2. The molecule has 0 radical (unpaired) electrons. The molecule has 0 bridgehead atoms. The van der Waals surface area contributed by atoms with Crippen LogP contribution in [0.3, 0.4) is 0 Å². The van der Waals surface area contributed by atoms with Crippen LogP contribution in [-0.4, -0.2) is 94.1 Å². The van der Waals surface area contributed by atoms with Crippen LogP contribution in [0.25, 0.3) is 0 Å². The molecule has 1 fully saturated rings. The third kappa shape index (κ3) is 5.00. The van der Waals surface area contributed by atoms with Gasteiger partial charge in [-0.1, -0.05) is 23.9 Å². The summed E-state index contributed by atoms with van der Waals surface area (Å²) in [5, 5.41) is 43.9. The maximum absolute atomic E-state index is 12.9. The van der Waals surface area contributed by atoms with E-state index >= 15 is 0 Å². The third-order valence-corrected chi connectivity index (χ3v) is 7.92. The van der Waals surface area contributed by atoms with E-state index in [1.54, 1.807) is 12.1 Å². The Bertz CT molecular complexity index is 1210. The monoisotopic (exact) mass is 536 g/mol. The minimum Gasteiger partial charge on any atom is -0.497 e. The maximum Gasteiger partial charge on any atom is 0.352 e. The minimum atomic E-state index is -1.55. The van der Waals surface area contributed by atoms with Gasteiger partial charge in [0.1, 0.15) is 22.9 Å². The van der Waals surface area contributed by atoms with E-state index in [2.05, 4.69) is 25.9 Å². The molecule has 2 aromatic rings. The van der Waals surface area contributed by atoms with Gasteiger partial charge in [0.2, 0.25) is 5.16 Å². The SMILES string of the molecule is COc1ccc(C(O)C(=O)NC2C(=O)N3C(C(=O)O)=C(C(CC(=O)O)Sc4nn[nH]n4)CS[C@@H]23)cc1. The van der Waals surface area contributed by atoms with Gasteiger partial charge in [0.25, 0.3) is 11.8 Å². The first kappa shape index (κ1) is 25.5. The van der Waals surface area contributed by atoms with Crippen LogP contribution in [0.4, 0.5) is 0 Å². The highest BCUT2D eigenvalue weighted by Crippen LogP contribution is 2.44. The molecule has 0 aliphatic carbocycles. The Morgan fingerprint density at radius 2 is 2.03 bits per heavy atom. The molecule has 16 heteroatoms. The van der Waals surface area contributed by atoms with Gasteiger partial charge in [-0.2, -0.15) is 5.21 Å². The van der Waals surface area contributed by atoms with Gasteiger partial charge in [-0.3, -0.25) is 19.3 Å². The first-order valence-electron chi connectivity index (χ1n) is 10.4. The fourth-order valence-electron chi connectivity index (χ4n) is 3.78. The van der Waals surface area contributed by atoms with Gasteiger partial charge >= 0.3 is 11.9 Å². The van der Waals surface area contributed by atoms with Crippen LogP contribution < -0.4 is 10.1 Å². The van der Waals surface area contributed by atoms with Crippen LogP contribution in [0.5, 0.6) is 5.75 Å². The highest BCUT2D eigenvalue weighted by atomic mass is 32.2. The van der Waals surface area contributed by atoms with E-state index < -0.39 is 52.9 Å². The number of hydrogen-bond acceptors (Lipinski definition) is 11. The predicted molar refractivity (Wildman–Crippen MR) is 124 cm³/mol. The average Bonchev–Trinajstić information content (AvgIpc) is 3.38. The lowest BCUT2D eigenvalue weighted by Gasteiger charge is -2.50. The van der Waals surface area contributed by atoms with Crippen molar-refractivity contribution in [1.29, 1.82) is 0 Å². The summed E-state index contributed by atoms with van der Waals surface area (Å²) in [6.45, 7) is 0. The number of β-lactam (4-membered cyclic amide) rings is 1. The van der Waals surface area contributed by atoms with E-state index in [0.29, 0.717) is 5.75 Å². The molecule has 190 valence electrons. The third-order valence-electron chi connectivity index (χ3n) is 5.50. The van der Waals surface area contributed by atoms with E-state index in [0.717, 1.165) is 16.7 Å². The van der Waals surface area contributed by atoms with Crippen molar-refractivity contribution in [3.63, 3.8) is 0 Å². The number of carboxylic acids is 2. The van der Waals surface area contributed by atoms with E-state index in [1.807, 2.05) is 0 Å². The van der Waals surface area contributed by atoms with Gasteiger partial charge in [0.05, 0.1) is 13.5 Å². The molecule has 4 rings (SSSR count). The second-order valence-electron chi connectivity index (χ2n) is 7.65. The number of tetrazole rings is 1. The van der Waals surface area contributed by atoms with Gasteiger partial charge in [0, 0.05) is 11.0 Å². The molecule has 1 aromatic heterocycles. The largest absolute Gasteiger partial charge is 0.497 e. The summed E-state index contributed by atoms with van der Waals surface area (Å²) in [5.41, 5.74) is 0.168. The molecule has 3 unspecified atom stereocenters. The highest BCUT2D eigenvalue weighted by molar-refractivity contribution is 8.01. The average molecular weight is 537 g/mol. The molecule has 36 heavy (non-hydrogen) atoms. The number of nitrogens with zero attached hydrogens (tertiary/aromatic N) is 4. The number of rotatable bonds is 10. The molecule has 2 aliphatic rings. The Balaban J connectivity index is 1.52. The van der Waals surface area contributed by atoms with E-state index in [1.165, 1.54) is 31.0 Å². The zero-order chi connectivity index (χ0) is 26.0. The topological polar surface area (TPSA) is 208 Å². The molecule has 0 saturated carbocycles. The van der Waals surface area contributed by atoms with Crippen molar-refractivity contribution in [1.82, 2.24) is 30.8 Å². The Hall–Kier alpha value is -3.63. The van der Waals surface area contributed by atoms with Crippen LogP contribution >= 0.6 is 23.5 Å². The number of aliphatic hydroxyl groups excluding tert-OH is 1. The number of H-pyrrole nitrogens is 1. The Morgan fingerprint density at radius 1 is 1.31 bits per heavy atom. The number of carboxylic acid groups (broad SMARTS) is 2. The summed E-state index contributed by atoms with van der Waals surface area (Å²) in [5.74, 6) is -3.45. The van der Waals surface area contributed by atoms with Gasteiger partial charge in [0.15, 0.2) is 6.10 Å². The van der Waals surface area contributed by atoms with Crippen molar-refractivity contribution < 1.29 is 39.2 Å². The second kappa shape index (κ2) is 10.5. The molecule has 1 aromatic carbocycles. The van der Waals surface area contributed by atoms with E-state index in [4.69, 9.17) is 4.74 Å². The zero-order valence-electron chi connectivity index (χ0n) is 18.5. The molecule has 1 saturated heterocycles. The summed E-state index contributed by atoms with van der Waals surface area (Å²) >= 11 is 2.09. The number of benzene rings is 1. The normalized spacial score (nSPS) is 20.7. The van der Waals surface area contributed by atoms with Gasteiger partial charge in [-0.15, -0.1) is 22.0 Å². The number of hydrogen-bond donors (Lipinski definition) is 5. The fraction of sp³-hybridized carbons (Fsp3) is 0.350. The van der Waals surface area contributed by atoms with Crippen LogP contribution in [0.1, 0.15) is 18.1 Å². The summed E-state index contributed by atoms with van der Waals surface area (Å²) in [6.07, 6.45) is -1.99. The number of amides is 2. The van der Waals surface area contributed by atoms with Crippen LogP contribution in [0, 0.1) is 0 Å². The first-order chi connectivity index (χ1) is 17.2. The van der Waals surface area contributed by atoms with Crippen LogP contribution in [0.15, 0.2) is 40.7 Å². The van der Waals surface area contributed by atoms with Crippen LogP contribution in [0.2, 0.25) is 0 Å². The number of ether oxygens (including phenoxy) is 1. The number of fused-ring (bicyclic) bond motifs is 1. The Kier molecular flexibility index (Phi) is 7.46. The number of aromatic amines is 1. The lowest BCUT2D eigenvalue weighted by Crippen LogP contribution is -2.71. The van der Waals surface area contributed by atoms with Crippen LogP contribution in [-0.2, 0) is 19.2 Å². The molecule has 0 spiro atoms. The predicted octanol–water partition coefficient (Wildman–Crippen LogP) is -0.384. The maximum atomic E-state index is 12.9. The first-order valence-corrected chi connectivity index (χ1v) is 12.3. The van der Waals surface area contributed by atoms with E-state index in [9.17, 15) is 34.5 Å². The summed E-state index contributed by atoms with van der Waals surface area (Å²) < 4.78 is 5.05. The van der Waals surface area contributed by atoms with E-state index in [-0.39, 0.29) is 27.7 Å². The number of nitrogens with one attached hydrogen (secondary N) is 2. The number of aromatic nitrogens is 4. The van der Waals surface area contributed by atoms with Gasteiger partial charge < -0.3 is 25.4 Å².